The molecule has 0 aromatic rings. The molecule has 0 unspecified atom stereocenters. The van der Waals surface area contributed by atoms with Crippen molar-refractivity contribution < 1.29 is 10.2 Å². The largest absolute Gasteiger partial charge is 0.396 e. The van der Waals surface area contributed by atoms with E-state index in [1.165, 1.54) is 0 Å². The van der Waals surface area contributed by atoms with Crippen molar-refractivity contribution in [3.63, 3.8) is 0 Å². The van der Waals surface area contributed by atoms with Crippen LogP contribution < -0.4 is 5.73 Å². The maximum absolute atomic E-state index is 8.74. The van der Waals surface area contributed by atoms with Crippen molar-refractivity contribution in [1.29, 1.82) is 0 Å². The lowest BCUT2D eigenvalue weighted by molar-refractivity contribution is -0.0221. The zero-order valence-electron chi connectivity index (χ0n) is 5.38. The molecule has 0 heterocycles. The molecular formula is C6H13NO2. The van der Waals surface area contributed by atoms with Crippen LogP contribution in [0.15, 0.2) is 0 Å². The molecule has 0 spiro atoms. The van der Waals surface area contributed by atoms with Gasteiger partial charge in [0.2, 0.25) is 0 Å². The Morgan fingerprint density at radius 1 is 1.33 bits per heavy atom. The van der Waals surface area contributed by atoms with Gasteiger partial charge in [-0.15, -0.1) is 0 Å². The molecule has 4 N–H and O–H groups in total. The average Bonchev–Trinajstić information content (AvgIpc) is 1.81. The van der Waals surface area contributed by atoms with Crippen LogP contribution >= 0.6 is 0 Å². The Morgan fingerprint density at radius 3 is 1.89 bits per heavy atom. The molecule has 0 radical (unpaired) electrons. The molecule has 0 aromatic carbocycles. The second-order valence-electron chi connectivity index (χ2n) is 2.98. The topological polar surface area (TPSA) is 66.5 Å². The summed E-state index contributed by atoms with van der Waals surface area (Å²) < 4.78 is 0. The highest BCUT2D eigenvalue weighted by Gasteiger charge is 2.41. The van der Waals surface area contributed by atoms with Crippen LogP contribution in [0.2, 0.25) is 0 Å². The number of hydrogen-bond acceptors (Lipinski definition) is 3. The third-order valence-corrected chi connectivity index (χ3v) is 2.06. The third kappa shape index (κ3) is 1.08. The van der Waals surface area contributed by atoms with E-state index in [0.717, 1.165) is 12.8 Å². The van der Waals surface area contributed by atoms with Crippen LogP contribution in [0, 0.1) is 5.41 Å². The SMILES string of the molecule is NC1CC(CO)(CO)C1. The molecule has 1 saturated carbocycles. The maximum atomic E-state index is 8.74. The number of hydrogen-bond donors (Lipinski definition) is 3. The lowest BCUT2D eigenvalue weighted by Crippen LogP contribution is -2.50. The average molecular weight is 131 g/mol. The van der Waals surface area contributed by atoms with Crippen molar-refractivity contribution in [2.45, 2.75) is 18.9 Å². The van der Waals surface area contributed by atoms with E-state index in [9.17, 15) is 0 Å². The molecule has 3 heteroatoms. The molecule has 1 fully saturated rings. The Morgan fingerprint density at radius 2 is 1.78 bits per heavy atom. The van der Waals surface area contributed by atoms with Crippen LogP contribution in [0.3, 0.4) is 0 Å². The molecule has 1 rings (SSSR count). The standard InChI is InChI=1S/C6H13NO2/c7-5-1-6(2-5,3-8)4-9/h5,8-9H,1-4,7H2. The zero-order chi connectivity index (χ0) is 6.91. The maximum Gasteiger partial charge on any atom is 0.0510 e. The second-order valence-corrected chi connectivity index (χ2v) is 2.98. The summed E-state index contributed by atoms with van der Waals surface area (Å²) in [6, 6.07) is 0.198. The van der Waals surface area contributed by atoms with E-state index in [-0.39, 0.29) is 24.7 Å². The first kappa shape index (κ1) is 6.99. The predicted molar refractivity (Wildman–Crippen MR) is 33.8 cm³/mol. The minimum absolute atomic E-state index is 0.0667. The lowest BCUT2D eigenvalue weighted by Gasteiger charge is -2.43. The van der Waals surface area contributed by atoms with Crippen molar-refractivity contribution in [2.24, 2.45) is 11.1 Å². The van der Waals surface area contributed by atoms with Gasteiger partial charge in [0.05, 0.1) is 13.2 Å². The summed E-state index contributed by atoms with van der Waals surface area (Å²) in [5.41, 5.74) is 5.25. The molecule has 0 bridgehead atoms. The van der Waals surface area contributed by atoms with Gasteiger partial charge in [0, 0.05) is 11.5 Å². The fraction of sp³-hybridized carbons (Fsp3) is 1.00. The van der Waals surface area contributed by atoms with Gasteiger partial charge in [-0.2, -0.15) is 0 Å². The smallest absolute Gasteiger partial charge is 0.0510 e. The predicted octanol–water partition coefficient (Wildman–Crippen LogP) is -0.922. The Kier molecular flexibility index (Phi) is 1.75. The van der Waals surface area contributed by atoms with Gasteiger partial charge in [-0.3, -0.25) is 0 Å². The summed E-state index contributed by atoms with van der Waals surface area (Å²) in [5, 5.41) is 17.5. The number of rotatable bonds is 2. The third-order valence-electron chi connectivity index (χ3n) is 2.06. The normalized spacial score (nSPS) is 25.7. The Hall–Kier alpha value is -0.120. The number of nitrogens with two attached hydrogens (primary N) is 1. The van der Waals surface area contributed by atoms with Crippen LogP contribution in [0.5, 0.6) is 0 Å². The van der Waals surface area contributed by atoms with Crippen molar-refractivity contribution in [3.05, 3.63) is 0 Å². The van der Waals surface area contributed by atoms with Crippen molar-refractivity contribution >= 4 is 0 Å². The van der Waals surface area contributed by atoms with Crippen molar-refractivity contribution in [1.82, 2.24) is 0 Å². The number of aliphatic hydroxyl groups excluding tert-OH is 2. The summed E-state index contributed by atoms with van der Waals surface area (Å²) in [6.07, 6.45) is 1.53. The Bertz CT molecular complexity index is 93.2. The number of aliphatic hydroxyl groups is 2. The first-order valence-corrected chi connectivity index (χ1v) is 3.20. The van der Waals surface area contributed by atoms with Gasteiger partial charge in [-0.05, 0) is 12.8 Å². The molecule has 0 atom stereocenters. The highest BCUT2D eigenvalue weighted by Crippen LogP contribution is 2.38. The molecule has 9 heavy (non-hydrogen) atoms. The van der Waals surface area contributed by atoms with Crippen LogP contribution in [-0.4, -0.2) is 29.5 Å². The van der Waals surface area contributed by atoms with Crippen molar-refractivity contribution in [3.8, 4) is 0 Å². The molecule has 3 nitrogen and oxygen atoms in total. The van der Waals surface area contributed by atoms with Crippen LogP contribution in [-0.2, 0) is 0 Å². The van der Waals surface area contributed by atoms with Crippen LogP contribution in [0.1, 0.15) is 12.8 Å². The minimum atomic E-state index is -0.237. The quantitative estimate of drug-likeness (QED) is 0.454. The van der Waals surface area contributed by atoms with Gasteiger partial charge in [-0.1, -0.05) is 0 Å². The highest BCUT2D eigenvalue weighted by atomic mass is 16.3. The summed E-state index contributed by atoms with van der Waals surface area (Å²) in [6.45, 7) is 0.133. The molecule has 1 aliphatic rings. The fourth-order valence-corrected chi connectivity index (χ4v) is 1.36. The summed E-state index contributed by atoms with van der Waals surface area (Å²) in [4.78, 5) is 0. The van der Waals surface area contributed by atoms with E-state index >= 15 is 0 Å². The lowest BCUT2D eigenvalue weighted by atomic mass is 9.67. The first-order chi connectivity index (χ1) is 4.22. The second kappa shape index (κ2) is 2.25. The van der Waals surface area contributed by atoms with E-state index in [2.05, 4.69) is 0 Å². The molecule has 0 aromatic heterocycles. The van der Waals surface area contributed by atoms with Gasteiger partial charge in [0.15, 0.2) is 0 Å². The van der Waals surface area contributed by atoms with Gasteiger partial charge in [0.25, 0.3) is 0 Å². The van der Waals surface area contributed by atoms with E-state index in [4.69, 9.17) is 15.9 Å². The van der Waals surface area contributed by atoms with E-state index < -0.39 is 0 Å². The Labute approximate surface area is 54.5 Å². The van der Waals surface area contributed by atoms with Gasteiger partial charge in [0.1, 0.15) is 0 Å². The minimum Gasteiger partial charge on any atom is -0.396 e. The molecule has 54 valence electrons. The van der Waals surface area contributed by atoms with Crippen LogP contribution in [0.4, 0.5) is 0 Å². The van der Waals surface area contributed by atoms with Gasteiger partial charge >= 0.3 is 0 Å². The summed E-state index contributed by atoms with van der Waals surface area (Å²) in [7, 11) is 0. The van der Waals surface area contributed by atoms with E-state index in [1.807, 2.05) is 0 Å². The first-order valence-electron chi connectivity index (χ1n) is 3.20. The van der Waals surface area contributed by atoms with E-state index in [1.54, 1.807) is 0 Å². The monoisotopic (exact) mass is 131 g/mol. The molecule has 1 aliphatic carbocycles. The molecule has 0 amide bonds. The molecular weight excluding hydrogens is 118 g/mol. The molecule has 0 aliphatic heterocycles. The fourth-order valence-electron chi connectivity index (χ4n) is 1.36. The van der Waals surface area contributed by atoms with Crippen molar-refractivity contribution in [2.75, 3.05) is 13.2 Å². The zero-order valence-corrected chi connectivity index (χ0v) is 5.38. The summed E-state index contributed by atoms with van der Waals surface area (Å²) >= 11 is 0. The van der Waals surface area contributed by atoms with Crippen LogP contribution in [0.25, 0.3) is 0 Å². The van der Waals surface area contributed by atoms with Gasteiger partial charge < -0.3 is 15.9 Å². The highest BCUT2D eigenvalue weighted by molar-refractivity contribution is 4.95. The van der Waals surface area contributed by atoms with Gasteiger partial charge in [-0.25, -0.2) is 0 Å². The summed E-state index contributed by atoms with van der Waals surface area (Å²) in [5.74, 6) is 0. The molecule has 0 saturated heterocycles. The van der Waals surface area contributed by atoms with E-state index in [0.29, 0.717) is 0 Å². The Balaban J connectivity index is 2.36.